The molecular formula is C25H29N3O4S. The van der Waals surface area contributed by atoms with Gasteiger partial charge in [0.25, 0.3) is 5.91 Å². The fraction of sp³-hybridized carbons (Fsp3) is 0.280. The Morgan fingerprint density at radius 1 is 1.09 bits per heavy atom. The normalized spacial score (nSPS) is 11.6. The van der Waals surface area contributed by atoms with E-state index in [9.17, 15) is 13.2 Å². The minimum Gasteiger partial charge on any atom is -0.439 e. The van der Waals surface area contributed by atoms with Crippen molar-refractivity contribution in [1.82, 2.24) is 14.6 Å². The largest absolute Gasteiger partial charge is 0.439 e. The Balaban J connectivity index is 1.65. The van der Waals surface area contributed by atoms with Crippen LogP contribution in [0.2, 0.25) is 0 Å². The summed E-state index contributed by atoms with van der Waals surface area (Å²) in [5, 5.41) is 2.80. The van der Waals surface area contributed by atoms with Crippen molar-refractivity contribution in [3.63, 3.8) is 0 Å². The number of hydrogen-bond acceptors (Lipinski definition) is 5. The maximum absolute atomic E-state index is 12.7. The molecule has 0 radical (unpaired) electrons. The van der Waals surface area contributed by atoms with Crippen molar-refractivity contribution in [3.8, 4) is 11.6 Å². The first-order valence-electron chi connectivity index (χ1n) is 10.6. The summed E-state index contributed by atoms with van der Waals surface area (Å²) >= 11 is 0. The molecule has 0 atom stereocenters. The van der Waals surface area contributed by atoms with E-state index in [2.05, 4.69) is 10.3 Å². The second kappa shape index (κ2) is 10.1. The molecule has 0 aliphatic rings. The number of sulfonamides is 1. The number of carbonyl (C=O) groups is 1. The van der Waals surface area contributed by atoms with E-state index in [0.29, 0.717) is 5.88 Å². The molecule has 2 aromatic carbocycles. The number of hydrogen-bond donors (Lipinski definition) is 1. The molecule has 1 aromatic heterocycles. The number of pyridine rings is 1. The summed E-state index contributed by atoms with van der Waals surface area (Å²) in [5.41, 5.74) is 3.18. The highest BCUT2D eigenvalue weighted by molar-refractivity contribution is 7.89. The zero-order valence-corrected chi connectivity index (χ0v) is 20.3. The first-order chi connectivity index (χ1) is 15.6. The van der Waals surface area contributed by atoms with E-state index in [1.807, 2.05) is 38.1 Å². The second-order valence-electron chi connectivity index (χ2n) is 8.20. The Hall–Kier alpha value is -3.23. The number of aromatic nitrogens is 1. The highest BCUT2D eigenvalue weighted by atomic mass is 32.2. The molecule has 0 aliphatic carbocycles. The minimum atomic E-state index is -3.67. The smallest absolute Gasteiger partial charge is 0.251 e. The minimum absolute atomic E-state index is 0.0842. The van der Waals surface area contributed by atoms with E-state index in [4.69, 9.17) is 4.74 Å². The molecule has 174 valence electrons. The molecule has 3 aromatic rings. The van der Waals surface area contributed by atoms with Gasteiger partial charge in [0.1, 0.15) is 5.75 Å². The second-order valence-corrected chi connectivity index (χ2v) is 10.2. The summed E-state index contributed by atoms with van der Waals surface area (Å²) in [7, 11) is -2.15. The average Bonchev–Trinajstić information content (AvgIpc) is 2.80. The Morgan fingerprint density at radius 2 is 1.85 bits per heavy atom. The topological polar surface area (TPSA) is 88.6 Å². The van der Waals surface area contributed by atoms with Gasteiger partial charge in [0.05, 0.1) is 4.90 Å². The molecule has 1 amide bonds. The van der Waals surface area contributed by atoms with Crippen LogP contribution in [-0.2, 0) is 16.6 Å². The third-order valence-electron chi connectivity index (χ3n) is 5.31. The van der Waals surface area contributed by atoms with Crippen LogP contribution in [-0.4, -0.2) is 36.7 Å². The maximum Gasteiger partial charge on any atom is 0.251 e. The zero-order valence-electron chi connectivity index (χ0n) is 19.5. The van der Waals surface area contributed by atoms with Crippen molar-refractivity contribution < 1.29 is 17.9 Å². The molecule has 8 heteroatoms. The van der Waals surface area contributed by atoms with Crippen LogP contribution in [0.4, 0.5) is 0 Å². The monoisotopic (exact) mass is 467 g/mol. The van der Waals surface area contributed by atoms with Crippen molar-refractivity contribution in [2.75, 3.05) is 7.05 Å². The molecule has 0 spiro atoms. The first kappa shape index (κ1) is 24.4. The van der Waals surface area contributed by atoms with Crippen LogP contribution in [0.3, 0.4) is 0 Å². The van der Waals surface area contributed by atoms with E-state index < -0.39 is 10.0 Å². The molecule has 7 nitrogen and oxygen atoms in total. The van der Waals surface area contributed by atoms with Gasteiger partial charge in [-0.05, 0) is 68.7 Å². The number of nitrogens with zero attached hydrogens (tertiary/aromatic N) is 2. The lowest BCUT2D eigenvalue weighted by Crippen LogP contribution is -2.33. The van der Waals surface area contributed by atoms with Crippen molar-refractivity contribution in [2.45, 2.75) is 45.2 Å². The van der Waals surface area contributed by atoms with Gasteiger partial charge >= 0.3 is 0 Å². The number of nitrogens with one attached hydrogen (secondary N) is 1. The van der Waals surface area contributed by atoms with Gasteiger partial charge in [-0.1, -0.05) is 24.3 Å². The molecule has 0 aliphatic heterocycles. The van der Waals surface area contributed by atoms with Gasteiger partial charge in [-0.2, -0.15) is 4.31 Å². The number of rotatable bonds is 8. The lowest BCUT2D eigenvalue weighted by Gasteiger charge is -2.21. The first-order valence-corrected chi connectivity index (χ1v) is 12.1. The van der Waals surface area contributed by atoms with Gasteiger partial charge in [0.15, 0.2) is 0 Å². The molecule has 33 heavy (non-hydrogen) atoms. The number of aryl methyl sites for hydroxylation is 2. The van der Waals surface area contributed by atoms with Crippen LogP contribution in [0.1, 0.15) is 40.9 Å². The van der Waals surface area contributed by atoms with Crippen molar-refractivity contribution in [1.29, 1.82) is 0 Å². The Morgan fingerprint density at radius 3 is 2.52 bits per heavy atom. The molecule has 1 heterocycles. The zero-order chi connectivity index (χ0) is 24.2. The van der Waals surface area contributed by atoms with Crippen LogP contribution < -0.4 is 10.1 Å². The molecule has 0 saturated heterocycles. The van der Waals surface area contributed by atoms with E-state index in [0.717, 1.165) is 22.4 Å². The van der Waals surface area contributed by atoms with E-state index in [1.165, 1.54) is 23.5 Å². The third-order valence-corrected chi connectivity index (χ3v) is 7.34. The van der Waals surface area contributed by atoms with Crippen molar-refractivity contribution >= 4 is 15.9 Å². The van der Waals surface area contributed by atoms with Crippen LogP contribution in [0, 0.1) is 13.8 Å². The molecule has 0 unspecified atom stereocenters. The Kier molecular flexibility index (Phi) is 7.50. The lowest BCUT2D eigenvalue weighted by atomic mass is 10.1. The SMILES string of the molecule is Cc1ccc(C)c(Oc2ccc(CNC(=O)c3cccc(S(=O)(=O)N(C)C(C)C)c3)cn2)c1. The number of ether oxygens (including phenoxy) is 1. The summed E-state index contributed by atoms with van der Waals surface area (Å²) in [4.78, 5) is 17.0. The van der Waals surface area contributed by atoms with Crippen molar-refractivity contribution in [3.05, 3.63) is 83.0 Å². The summed E-state index contributed by atoms with van der Waals surface area (Å²) in [6.45, 7) is 7.80. The quantitative estimate of drug-likeness (QED) is 0.529. The Bertz CT molecular complexity index is 1240. The van der Waals surface area contributed by atoms with Gasteiger partial charge in [-0.15, -0.1) is 0 Å². The molecule has 0 bridgehead atoms. The predicted molar refractivity (Wildman–Crippen MR) is 128 cm³/mol. The summed E-state index contributed by atoms with van der Waals surface area (Å²) < 4.78 is 32.5. The van der Waals surface area contributed by atoms with Gasteiger partial charge in [-0.3, -0.25) is 4.79 Å². The van der Waals surface area contributed by atoms with E-state index in [-0.39, 0.29) is 29.0 Å². The van der Waals surface area contributed by atoms with Crippen LogP contribution in [0.15, 0.2) is 65.7 Å². The molecule has 1 N–H and O–H groups in total. The maximum atomic E-state index is 12.7. The average molecular weight is 468 g/mol. The highest BCUT2D eigenvalue weighted by Crippen LogP contribution is 2.24. The molecule has 0 saturated carbocycles. The third kappa shape index (κ3) is 5.97. The van der Waals surface area contributed by atoms with Gasteiger partial charge < -0.3 is 10.1 Å². The summed E-state index contributed by atoms with van der Waals surface area (Å²) in [6, 6.07) is 15.4. The van der Waals surface area contributed by atoms with Crippen LogP contribution in [0.25, 0.3) is 0 Å². The van der Waals surface area contributed by atoms with Crippen molar-refractivity contribution in [2.24, 2.45) is 0 Å². The number of amides is 1. The lowest BCUT2D eigenvalue weighted by molar-refractivity contribution is 0.0950. The summed E-state index contributed by atoms with van der Waals surface area (Å²) in [6.07, 6.45) is 1.64. The van der Waals surface area contributed by atoms with E-state index in [1.54, 1.807) is 38.2 Å². The fourth-order valence-corrected chi connectivity index (χ4v) is 4.45. The molecule has 3 rings (SSSR count). The fourth-order valence-electron chi connectivity index (χ4n) is 3.03. The van der Waals surface area contributed by atoms with Crippen LogP contribution in [0.5, 0.6) is 11.6 Å². The van der Waals surface area contributed by atoms with Gasteiger partial charge in [-0.25, -0.2) is 13.4 Å². The number of carbonyl (C=O) groups excluding carboxylic acids is 1. The highest BCUT2D eigenvalue weighted by Gasteiger charge is 2.23. The number of benzene rings is 2. The summed E-state index contributed by atoms with van der Waals surface area (Å²) in [5.74, 6) is 0.849. The van der Waals surface area contributed by atoms with Gasteiger partial charge in [0, 0.05) is 37.5 Å². The molecule has 0 fully saturated rings. The Labute approximate surface area is 195 Å². The van der Waals surface area contributed by atoms with E-state index >= 15 is 0 Å². The standard InChI is InChI=1S/C25H29N3O4S/c1-17(2)28(5)33(30,31)22-8-6-7-21(14-22)25(29)27-16-20-11-12-24(26-15-20)32-23-13-18(3)9-10-19(23)4/h6-15,17H,16H2,1-5H3,(H,27,29). The van der Waals surface area contributed by atoms with Gasteiger partial charge in [0.2, 0.25) is 15.9 Å². The predicted octanol–water partition coefficient (Wildman–Crippen LogP) is 4.45. The van der Waals surface area contributed by atoms with Crippen LogP contribution >= 0.6 is 0 Å². The molecular weight excluding hydrogens is 438 g/mol.